The van der Waals surface area contributed by atoms with Gasteiger partial charge in [0.1, 0.15) is 0 Å². The smallest absolute Gasteiger partial charge is 0.0650 e. The molecule has 2 aromatic rings. The number of benzene rings is 1. The molecule has 0 spiro atoms. The summed E-state index contributed by atoms with van der Waals surface area (Å²) in [4.78, 5) is 2.59. The zero-order valence-electron chi connectivity index (χ0n) is 12.8. The van der Waals surface area contributed by atoms with Crippen molar-refractivity contribution in [2.45, 2.75) is 40.2 Å². The van der Waals surface area contributed by atoms with Gasteiger partial charge in [-0.3, -0.25) is 10.00 Å². The second-order valence-electron chi connectivity index (χ2n) is 7.21. The van der Waals surface area contributed by atoms with Crippen LogP contribution in [0.2, 0.25) is 0 Å². The Labute approximate surface area is 121 Å². The summed E-state index contributed by atoms with van der Waals surface area (Å²) in [7, 11) is 0. The number of rotatable bonds is 2. The van der Waals surface area contributed by atoms with Crippen molar-refractivity contribution in [3.63, 3.8) is 0 Å². The van der Waals surface area contributed by atoms with Crippen molar-refractivity contribution in [3.05, 3.63) is 30.0 Å². The van der Waals surface area contributed by atoms with Gasteiger partial charge in [0.05, 0.1) is 11.7 Å². The Morgan fingerprint density at radius 3 is 2.70 bits per heavy atom. The lowest BCUT2D eigenvalue weighted by atomic mass is 9.75. The first-order valence-corrected chi connectivity index (χ1v) is 7.67. The van der Waals surface area contributed by atoms with Crippen molar-refractivity contribution in [1.29, 1.82) is 0 Å². The lowest BCUT2D eigenvalue weighted by Gasteiger charge is -2.38. The maximum Gasteiger partial charge on any atom is 0.0650 e. The minimum atomic E-state index is 0.460. The summed E-state index contributed by atoms with van der Waals surface area (Å²) in [6.07, 6.45) is 4.57. The Hall–Kier alpha value is -1.35. The first-order chi connectivity index (χ1) is 9.52. The number of nitrogens with zero attached hydrogens (tertiary/aromatic N) is 2. The highest BCUT2D eigenvalue weighted by molar-refractivity contribution is 5.78. The van der Waals surface area contributed by atoms with Gasteiger partial charge in [-0.25, -0.2) is 0 Å². The summed E-state index contributed by atoms with van der Waals surface area (Å²) in [5, 5.41) is 8.31. The van der Waals surface area contributed by atoms with Crippen LogP contribution in [0, 0.1) is 11.3 Å². The van der Waals surface area contributed by atoms with E-state index < -0.39 is 0 Å². The van der Waals surface area contributed by atoms with Crippen LogP contribution in [0.3, 0.4) is 0 Å². The number of aromatic nitrogens is 2. The van der Waals surface area contributed by atoms with Gasteiger partial charge in [-0.15, -0.1) is 0 Å². The predicted molar refractivity (Wildman–Crippen MR) is 83.5 cm³/mol. The van der Waals surface area contributed by atoms with Crippen LogP contribution in [0.1, 0.15) is 39.2 Å². The van der Waals surface area contributed by atoms with Gasteiger partial charge in [0.25, 0.3) is 0 Å². The SMILES string of the molecule is CC(C)(C)C1CCN(Cc2ccc3[nH]ncc3c2)CC1. The van der Waals surface area contributed by atoms with Crippen LogP contribution in [-0.4, -0.2) is 28.2 Å². The van der Waals surface area contributed by atoms with Crippen LogP contribution in [0.25, 0.3) is 10.9 Å². The molecule has 1 aromatic carbocycles. The number of piperidine rings is 1. The van der Waals surface area contributed by atoms with E-state index >= 15 is 0 Å². The zero-order chi connectivity index (χ0) is 14.2. The van der Waals surface area contributed by atoms with Crippen molar-refractivity contribution in [1.82, 2.24) is 15.1 Å². The highest BCUT2D eigenvalue weighted by Crippen LogP contribution is 2.34. The van der Waals surface area contributed by atoms with Crippen LogP contribution in [-0.2, 0) is 6.54 Å². The minimum absolute atomic E-state index is 0.460. The Bertz CT molecular complexity index is 571. The molecule has 0 bridgehead atoms. The van der Waals surface area contributed by atoms with Gasteiger partial charge >= 0.3 is 0 Å². The zero-order valence-corrected chi connectivity index (χ0v) is 12.8. The molecule has 1 fully saturated rings. The minimum Gasteiger partial charge on any atom is -0.299 e. The monoisotopic (exact) mass is 271 g/mol. The number of H-pyrrole nitrogens is 1. The summed E-state index contributed by atoms with van der Waals surface area (Å²) < 4.78 is 0. The second kappa shape index (κ2) is 5.21. The van der Waals surface area contributed by atoms with E-state index in [1.165, 1.54) is 36.9 Å². The van der Waals surface area contributed by atoms with Gasteiger partial charge in [0.15, 0.2) is 0 Å². The number of hydrogen-bond donors (Lipinski definition) is 1. The van der Waals surface area contributed by atoms with Crippen molar-refractivity contribution in [2.24, 2.45) is 11.3 Å². The Balaban J connectivity index is 1.62. The summed E-state index contributed by atoms with van der Waals surface area (Å²) in [5.41, 5.74) is 2.98. The third-order valence-corrected chi connectivity index (χ3v) is 4.72. The normalized spacial score (nSPS) is 18.8. The number of fused-ring (bicyclic) bond motifs is 1. The van der Waals surface area contributed by atoms with E-state index in [4.69, 9.17) is 0 Å². The van der Waals surface area contributed by atoms with Crippen LogP contribution in [0.15, 0.2) is 24.4 Å². The Morgan fingerprint density at radius 2 is 2.00 bits per heavy atom. The molecule has 0 amide bonds. The molecule has 0 radical (unpaired) electrons. The van der Waals surface area contributed by atoms with Gasteiger partial charge in [-0.1, -0.05) is 26.8 Å². The number of aromatic amines is 1. The van der Waals surface area contributed by atoms with Gasteiger partial charge in [0, 0.05) is 11.9 Å². The molecule has 1 aliphatic rings. The maximum atomic E-state index is 4.09. The van der Waals surface area contributed by atoms with Crippen molar-refractivity contribution < 1.29 is 0 Å². The standard InChI is InChI=1S/C17H25N3/c1-17(2,3)15-6-8-20(9-7-15)12-13-4-5-16-14(10-13)11-18-19-16/h4-5,10-11,15H,6-9,12H2,1-3H3,(H,18,19). The fourth-order valence-electron chi connectivity index (χ4n) is 3.31. The predicted octanol–water partition coefficient (Wildman–Crippen LogP) is 3.82. The molecule has 108 valence electrons. The molecule has 0 atom stereocenters. The molecule has 3 rings (SSSR count). The number of likely N-dealkylation sites (tertiary alicyclic amines) is 1. The number of nitrogens with one attached hydrogen (secondary N) is 1. The summed E-state index contributed by atoms with van der Waals surface area (Å²) in [6, 6.07) is 6.62. The van der Waals surface area contributed by atoms with Gasteiger partial charge in [0.2, 0.25) is 0 Å². The third kappa shape index (κ3) is 2.88. The van der Waals surface area contributed by atoms with Gasteiger partial charge < -0.3 is 0 Å². The summed E-state index contributed by atoms with van der Waals surface area (Å²) >= 11 is 0. The van der Waals surface area contributed by atoms with Crippen molar-refractivity contribution in [2.75, 3.05) is 13.1 Å². The molecule has 0 saturated carbocycles. The first-order valence-electron chi connectivity index (χ1n) is 7.67. The molecule has 1 N–H and O–H groups in total. The molecule has 20 heavy (non-hydrogen) atoms. The topological polar surface area (TPSA) is 31.9 Å². The van der Waals surface area contributed by atoms with E-state index in [9.17, 15) is 0 Å². The van der Waals surface area contributed by atoms with Crippen molar-refractivity contribution in [3.8, 4) is 0 Å². The molecule has 2 heterocycles. The lowest BCUT2D eigenvalue weighted by Crippen LogP contribution is -2.37. The average Bonchev–Trinajstić information content (AvgIpc) is 2.86. The van der Waals surface area contributed by atoms with Crippen LogP contribution < -0.4 is 0 Å². The van der Waals surface area contributed by atoms with E-state index in [-0.39, 0.29) is 0 Å². The van der Waals surface area contributed by atoms with Crippen molar-refractivity contribution >= 4 is 10.9 Å². The summed E-state index contributed by atoms with van der Waals surface area (Å²) in [5.74, 6) is 0.870. The van der Waals surface area contributed by atoms with Crippen LogP contribution >= 0.6 is 0 Å². The molecule has 1 saturated heterocycles. The fraction of sp³-hybridized carbons (Fsp3) is 0.588. The van der Waals surface area contributed by atoms with Gasteiger partial charge in [-0.05, 0) is 55.0 Å². The summed E-state index contributed by atoms with van der Waals surface area (Å²) in [6.45, 7) is 10.6. The van der Waals surface area contributed by atoms with E-state index in [2.05, 4.69) is 54.1 Å². The quantitative estimate of drug-likeness (QED) is 0.900. The fourth-order valence-corrected chi connectivity index (χ4v) is 3.31. The third-order valence-electron chi connectivity index (χ3n) is 4.72. The molecule has 1 aromatic heterocycles. The molecule has 3 heteroatoms. The van der Waals surface area contributed by atoms with Crippen LogP contribution in [0.5, 0.6) is 0 Å². The molecular weight excluding hydrogens is 246 g/mol. The number of hydrogen-bond acceptors (Lipinski definition) is 2. The van der Waals surface area contributed by atoms with E-state index in [1.807, 2.05) is 6.20 Å². The molecule has 0 aliphatic carbocycles. The Kier molecular flexibility index (Phi) is 3.55. The first kappa shape index (κ1) is 13.6. The maximum absolute atomic E-state index is 4.09. The molecule has 0 unspecified atom stereocenters. The highest BCUT2D eigenvalue weighted by atomic mass is 15.1. The Morgan fingerprint density at radius 1 is 1.25 bits per heavy atom. The highest BCUT2D eigenvalue weighted by Gasteiger charge is 2.28. The molecule has 3 nitrogen and oxygen atoms in total. The molecule has 1 aliphatic heterocycles. The van der Waals surface area contributed by atoms with Crippen LogP contribution in [0.4, 0.5) is 0 Å². The van der Waals surface area contributed by atoms with E-state index in [1.54, 1.807) is 0 Å². The lowest BCUT2D eigenvalue weighted by molar-refractivity contribution is 0.108. The second-order valence-corrected chi connectivity index (χ2v) is 7.21. The molecular formula is C17H25N3. The van der Waals surface area contributed by atoms with Gasteiger partial charge in [-0.2, -0.15) is 5.10 Å². The average molecular weight is 271 g/mol. The van der Waals surface area contributed by atoms with E-state index in [0.717, 1.165) is 18.0 Å². The van der Waals surface area contributed by atoms with E-state index in [0.29, 0.717) is 5.41 Å². The largest absolute Gasteiger partial charge is 0.299 e.